The summed E-state index contributed by atoms with van der Waals surface area (Å²) in [5.74, 6) is 3.01. The SMILES string of the molecule is CC(C)n1c(COC2CCCCO2)nc2cnc(Nc3ccnc(/C(=C/NCC4CC4)C(=N)N)n3)cc21. The quantitative estimate of drug-likeness (QED) is 0.225. The number of hydrogen-bond donors (Lipinski definition) is 4. The molecule has 4 heterocycles. The fourth-order valence-corrected chi connectivity index (χ4v) is 4.41. The second kappa shape index (κ2) is 11.2. The fourth-order valence-electron chi connectivity index (χ4n) is 4.41. The predicted octanol–water partition coefficient (Wildman–Crippen LogP) is 3.87. The first-order valence-electron chi connectivity index (χ1n) is 13.0. The maximum atomic E-state index is 7.97. The van der Waals surface area contributed by atoms with E-state index < -0.39 is 0 Å². The molecule has 3 aromatic rings. The van der Waals surface area contributed by atoms with Crippen molar-refractivity contribution in [3.8, 4) is 0 Å². The summed E-state index contributed by atoms with van der Waals surface area (Å²) in [6.45, 7) is 6.24. The summed E-state index contributed by atoms with van der Waals surface area (Å²) in [5.41, 5.74) is 8.03. The molecule has 3 aromatic heterocycles. The molecule has 11 heteroatoms. The molecule has 1 aliphatic heterocycles. The Labute approximate surface area is 216 Å². The van der Waals surface area contributed by atoms with Crippen LogP contribution in [0.3, 0.4) is 0 Å². The van der Waals surface area contributed by atoms with Crippen LogP contribution in [-0.2, 0) is 16.1 Å². The summed E-state index contributed by atoms with van der Waals surface area (Å²) in [6.07, 6.45) is 10.5. The van der Waals surface area contributed by atoms with Gasteiger partial charge >= 0.3 is 0 Å². The highest BCUT2D eigenvalue weighted by molar-refractivity contribution is 6.19. The summed E-state index contributed by atoms with van der Waals surface area (Å²) in [4.78, 5) is 18.2. The van der Waals surface area contributed by atoms with E-state index in [-0.39, 0.29) is 18.2 Å². The van der Waals surface area contributed by atoms with Crippen LogP contribution in [0.5, 0.6) is 0 Å². The Morgan fingerprint density at radius 1 is 1.24 bits per heavy atom. The van der Waals surface area contributed by atoms with Gasteiger partial charge in [-0.1, -0.05) is 0 Å². The molecular formula is C26H35N9O2. The number of amidine groups is 1. The van der Waals surface area contributed by atoms with Gasteiger partial charge in [-0.25, -0.2) is 19.9 Å². The maximum Gasteiger partial charge on any atom is 0.166 e. The van der Waals surface area contributed by atoms with Crippen LogP contribution in [-0.4, -0.2) is 49.8 Å². The van der Waals surface area contributed by atoms with Gasteiger partial charge in [0.2, 0.25) is 0 Å². The van der Waals surface area contributed by atoms with Gasteiger partial charge in [-0.05, 0) is 57.9 Å². The molecule has 0 aromatic carbocycles. The Morgan fingerprint density at radius 3 is 2.84 bits per heavy atom. The number of rotatable bonds is 11. The number of anilines is 2. The van der Waals surface area contributed by atoms with E-state index in [1.165, 1.54) is 12.8 Å². The lowest BCUT2D eigenvalue weighted by atomic mass is 10.2. The van der Waals surface area contributed by atoms with Crippen LogP contribution in [0.25, 0.3) is 16.6 Å². The number of nitrogens with zero attached hydrogens (tertiary/aromatic N) is 5. The molecule has 0 amide bonds. The molecule has 1 unspecified atom stereocenters. The number of ether oxygens (including phenoxy) is 2. The molecule has 0 spiro atoms. The van der Waals surface area contributed by atoms with E-state index in [0.29, 0.717) is 35.6 Å². The van der Waals surface area contributed by atoms with Crippen molar-refractivity contribution in [3.05, 3.63) is 42.4 Å². The van der Waals surface area contributed by atoms with Gasteiger partial charge in [-0.15, -0.1) is 0 Å². The zero-order valence-electron chi connectivity index (χ0n) is 21.4. The molecule has 1 saturated heterocycles. The summed E-state index contributed by atoms with van der Waals surface area (Å²) in [5, 5.41) is 14.5. The smallest absolute Gasteiger partial charge is 0.166 e. The zero-order valence-corrected chi connectivity index (χ0v) is 21.4. The van der Waals surface area contributed by atoms with E-state index in [9.17, 15) is 0 Å². The molecular weight excluding hydrogens is 470 g/mol. The average molecular weight is 506 g/mol. The summed E-state index contributed by atoms with van der Waals surface area (Å²) >= 11 is 0. The average Bonchev–Trinajstić information content (AvgIpc) is 3.64. The first-order valence-corrected chi connectivity index (χ1v) is 13.0. The highest BCUT2D eigenvalue weighted by atomic mass is 16.7. The van der Waals surface area contributed by atoms with Crippen molar-refractivity contribution in [3.63, 3.8) is 0 Å². The Balaban J connectivity index is 1.35. The molecule has 2 aliphatic rings. The topological polar surface area (TPSA) is 149 Å². The first-order chi connectivity index (χ1) is 18.0. The van der Waals surface area contributed by atoms with E-state index in [1.807, 2.05) is 6.07 Å². The molecule has 2 fully saturated rings. The van der Waals surface area contributed by atoms with Crippen molar-refractivity contribution in [2.45, 2.75) is 64.9 Å². The van der Waals surface area contributed by atoms with Crippen molar-refractivity contribution in [2.75, 3.05) is 18.5 Å². The van der Waals surface area contributed by atoms with Gasteiger partial charge in [0.15, 0.2) is 12.1 Å². The summed E-state index contributed by atoms with van der Waals surface area (Å²) < 4.78 is 13.9. The number of nitrogens with one attached hydrogen (secondary N) is 3. The number of fused-ring (bicyclic) bond motifs is 1. The van der Waals surface area contributed by atoms with Crippen LogP contribution >= 0.6 is 0 Å². The van der Waals surface area contributed by atoms with Crippen LogP contribution in [0.4, 0.5) is 11.6 Å². The summed E-state index contributed by atoms with van der Waals surface area (Å²) in [7, 11) is 0. The third-order valence-electron chi connectivity index (χ3n) is 6.49. The van der Waals surface area contributed by atoms with Gasteiger partial charge in [0.25, 0.3) is 0 Å². The van der Waals surface area contributed by atoms with Crippen LogP contribution in [0, 0.1) is 11.3 Å². The van der Waals surface area contributed by atoms with Crippen LogP contribution in [0.2, 0.25) is 0 Å². The van der Waals surface area contributed by atoms with Crippen molar-refractivity contribution in [1.29, 1.82) is 5.41 Å². The molecule has 1 aliphatic carbocycles. The van der Waals surface area contributed by atoms with Gasteiger partial charge in [-0.3, -0.25) is 5.41 Å². The van der Waals surface area contributed by atoms with Crippen molar-refractivity contribution in [2.24, 2.45) is 11.7 Å². The van der Waals surface area contributed by atoms with E-state index >= 15 is 0 Å². The monoisotopic (exact) mass is 505 g/mol. The molecule has 5 N–H and O–H groups in total. The molecule has 0 radical (unpaired) electrons. The number of aromatic nitrogens is 5. The van der Waals surface area contributed by atoms with Gasteiger partial charge in [-0.2, -0.15) is 0 Å². The third kappa shape index (κ3) is 6.23. The number of nitrogens with two attached hydrogens (primary N) is 1. The van der Waals surface area contributed by atoms with Gasteiger partial charge < -0.3 is 30.4 Å². The first kappa shape index (κ1) is 25.1. The molecule has 5 rings (SSSR count). The Bertz CT molecular complexity index is 1280. The molecule has 1 saturated carbocycles. The fraction of sp³-hybridized carbons (Fsp3) is 0.500. The highest BCUT2D eigenvalue weighted by Crippen LogP contribution is 2.28. The Kier molecular flexibility index (Phi) is 7.61. The summed E-state index contributed by atoms with van der Waals surface area (Å²) in [6, 6.07) is 3.90. The molecule has 196 valence electrons. The van der Waals surface area contributed by atoms with Crippen LogP contribution < -0.4 is 16.4 Å². The molecule has 11 nitrogen and oxygen atoms in total. The lowest BCUT2D eigenvalue weighted by Gasteiger charge is -2.23. The van der Waals surface area contributed by atoms with Gasteiger partial charge in [0, 0.05) is 37.7 Å². The van der Waals surface area contributed by atoms with Gasteiger partial charge in [0.05, 0.1) is 17.3 Å². The number of imidazole rings is 1. The lowest BCUT2D eigenvalue weighted by Crippen LogP contribution is -2.23. The number of pyridine rings is 1. The van der Waals surface area contributed by atoms with Crippen molar-refractivity contribution in [1.82, 2.24) is 29.8 Å². The second-order valence-corrected chi connectivity index (χ2v) is 9.87. The predicted molar refractivity (Wildman–Crippen MR) is 142 cm³/mol. The maximum absolute atomic E-state index is 7.97. The largest absolute Gasteiger partial charge is 0.390 e. The third-order valence-corrected chi connectivity index (χ3v) is 6.49. The van der Waals surface area contributed by atoms with E-state index in [4.69, 9.17) is 25.6 Å². The lowest BCUT2D eigenvalue weighted by molar-refractivity contribution is -0.170. The Morgan fingerprint density at radius 2 is 2.11 bits per heavy atom. The van der Waals surface area contributed by atoms with E-state index in [0.717, 1.165) is 49.3 Å². The number of hydrogen-bond acceptors (Lipinski definition) is 9. The molecule has 0 bridgehead atoms. The molecule has 37 heavy (non-hydrogen) atoms. The van der Waals surface area contributed by atoms with Crippen molar-refractivity contribution < 1.29 is 9.47 Å². The minimum Gasteiger partial charge on any atom is -0.390 e. The zero-order chi connectivity index (χ0) is 25.8. The molecule has 1 atom stereocenters. The second-order valence-electron chi connectivity index (χ2n) is 9.87. The Hall–Kier alpha value is -3.57. The van der Waals surface area contributed by atoms with E-state index in [1.54, 1.807) is 24.7 Å². The van der Waals surface area contributed by atoms with Crippen LogP contribution in [0.15, 0.2) is 30.7 Å². The van der Waals surface area contributed by atoms with Crippen molar-refractivity contribution >= 4 is 34.1 Å². The van der Waals surface area contributed by atoms with Gasteiger partial charge in [0.1, 0.15) is 35.4 Å². The normalized spacial score (nSPS) is 18.4. The van der Waals surface area contributed by atoms with E-state index in [2.05, 4.69) is 44.0 Å². The highest BCUT2D eigenvalue weighted by Gasteiger charge is 2.21. The van der Waals surface area contributed by atoms with Crippen LogP contribution in [0.1, 0.15) is 63.6 Å². The minimum atomic E-state index is -0.172. The standard InChI is InChI=1S/C26H35N9O2/c1-16(2)35-20-11-22(31-14-19(20)32-23(35)15-37-24-5-3-4-10-36-24)33-21-8-9-30-26(34-21)18(25(27)28)13-29-12-17-6-7-17/h8-9,11,13-14,16-17,24,29H,3-7,10,12,15H2,1-2H3,(H3,27,28)(H,30,31,33,34)/b18-13+. The minimum absolute atomic E-state index is 0.0887.